The Labute approximate surface area is 195 Å². The Morgan fingerprint density at radius 1 is 1.09 bits per heavy atom. The van der Waals surface area contributed by atoms with Gasteiger partial charge in [0.05, 0.1) is 0 Å². The number of carbonyl (C=O) groups is 1. The molecule has 0 atom stereocenters. The van der Waals surface area contributed by atoms with Crippen molar-refractivity contribution >= 4 is 23.1 Å². The largest absolute Gasteiger partial charge is 0.453 e. The van der Waals surface area contributed by atoms with Crippen molar-refractivity contribution in [1.29, 1.82) is 0 Å². The van der Waals surface area contributed by atoms with Crippen molar-refractivity contribution in [2.75, 3.05) is 43.0 Å². The average molecular weight is 476 g/mol. The number of amides is 1. The first-order valence-electron chi connectivity index (χ1n) is 11.4. The van der Waals surface area contributed by atoms with Crippen LogP contribution in [0.4, 0.5) is 24.7 Å². The van der Waals surface area contributed by atoms with Gasteiger partial charge in [0.25, 0.3) is 5.82 Å². The molecule has 3 aromatic rings. The van der Waals surface area contributed by atoms with E-state index in [2.05, 4.69) is 44.7 Å². The van der Waals surface area contributed by atoms with Gasteiger partial charge in [-0.1, -0.05) is 18.2 Å². The maximum absolute atomic E-state index is 13.1. The van der Waals surface area contributed by atoms with Gasteiger partial charge in [-0.25, -0.2) is 0 Å². The summed E-state index contributed by atoms with van der Waals surface area (Å²) < 4.78 is 40.1. The van der Waals surface area contributed by atoms with E-state index in [0.29, 0.717) is 38.3 Å². The van der Waals surface area contributed by atoms with Crippen molar-refractivity contribution in [1.82, 2.24) is 25.1 Å². The Kier molecular flexibility index (Phi) is 7.18. The summed E-state index contributed by atoms with van der Waals surface area (Å²) >= 11 is 0. The molecule has 0 spiro atoms. The van der Waals surface area contributed by atoms with E-state index in [0.717, 1.165) is 23.9 Å². The third-order valence-corrected chi connectivity index (χ3v) is 6.11. The van der Waals surface area contributed by atoms with E-state index < -0.39 is 12.0 Å². The number of piperidine rings is 1. The molecular weight excluding hydrogens is 447 g/mol. The van der Waals surface area contributed by atoms with Crippen molar-refractivity contribution in [3.63, 3.8) is 0 Å². The molecule has 0 radical (unpaired) electrons. The lowest BCUT2D eigenvalue weighted by Gasteiger charge is -2.32. The second-order valence-electron chi connectivity index (χ2n) is 8.50. The van der Waals surface area contributed by atoms with Crippen molar-refractivity contribution in [3.8, 4) is 0 Å². The molecule has 34 heavy (non-hydrogen) atoms. The molecule has 0 saturated carbocycles. The topological polar surface area (TPSA) is 78.7 Å². The highest BCUT2D eigenvalue weighted by Gasteiger charge is 2.38. The second-order valence-corrected chi connectivity index (χ2v) is 8.50. The first-order valence-corrected chi connectivity index (χ1v) is 11.4. The van der Waals surface area contributed by atoms with Crippen LogP contribution in [0.1, 0.15) is 31.5 Å². The summed E-state index contributed by atoms with van der Waals surface area (Å²) in [5.41, 5.74) is 1.21. The molecule has 1 aromatic carbocycles. The quantitative estimate of drug-likeness (QED) is 0.504. The molecule has 4 rings (SSSR count). The maximum atomic E-state index is 13.1. The van der Waals surface area contributed by atoms with Gasteiger partial charge in [0, 0.05) is 44.8 Å². The smallest absolute Gasteiger partial charge is 0.375 e. The van der Waals surface area contributed by atoms with E-state index in [1.54, 1.807) is 6.07 Å². The van der Waals surface area contributed by atoms with Gasteiger partial charge < -0.3 is 15.1 Å². The minimum Gasteiger partial charge on any atom is -0.375 e. The first-order chi connectivity index (χ1) is 16.3. The summed E-state index contributed by atoms with van der Waals surface area (Å²) in [4.78, 5) is 16.6. The SMILES string of the molecule is CN(CCCCNC(=O)C1CCN(c2ccc3nnc(C(F)(F)F)n3n2)CC1)c1ccccc1. The van der Waals surface area contributed by atoms with Crippen molar-refractivity contribution < 1.29 is 18.0 Å². The zero-order chi connectivity index (χ0) is 24.1. The van der Waals surface area contributed by atoms with Crippen LogP contribution in [-0.4, -0.2) is 58.9 Å². The van der Waals surface area contributed by atoms with E-state index in [1.807, 2.05) is 23.1 Å². The molecule has 1 fully saturated rings. The van der Waals surface area contributed by atoms with E-state index >= 15 is 0 Å². The molecule has 1 N–H and O–H groups in total. The Balaban J connectivity index is 1.21. The van der Waals surface area contributed by atoms with Gasteiger partial charge in [0.15, 0.2) is 5.65 Å². The van der Waals surface area contributed by atoms with Gasteiger partial charge in [-0.15, -0.1) is 15.3 Å². The number of nitrogens with one attached hydrogen (secondary N) is 1. The number of nitrogens with zero attached hydrogens (tertiary/aromatic N) is 6. The number of hydrogen-bond donors (Lipinski definition) is 1. The molecule has 3 heterocycles. The van der Waals surface area contributed by atoms with Crippen molar-refractivity contribution in [3.05, 3.63) is 48.3 Å². The van der Waals surface area contributed by atoms with Crippen LogP contribution < -0.4 is 15.1 Å². The Bertz CT molecular complexity index is 1090. The van der Waals surface area contributed by atoms with Gasteiger partial charge in [0.1, 0.15) is 5.82 Å². The molecule has 0 unspecified atom stereocenters. The Morgan fingerprint density at radius 3 is 2.53 bits per heavy atom. The second kappa shape index (κ2) is 10.3. The number of aromatic nitrogens is 4. The van der Waals surface area contributed by atoms with Crippen LogP contribution in [0.5, 0.6) is 0 Å². The molecule has 1 aliphatic rings. The molecule has 182 valence electrons. The molecule has 11 heteroatoms. The Hall–Kier alpha value is -3.37. The van der Waals surface area contributed by atoms with E-state index in [-0.39, 0.29) is 17.5 Å². The molecule has 8 nitrogen and oxygen atoms in total. The van der Waals surface area contributed by atoms with E-state index in [9.17, 15) is 18.0 Å². The van der Waals surface area contributed by atoms with Gasteiger partial charge in [-0.2, -0.15) is 17.7 Å². The predicted molar refractivity (Wildman–Crippen MR) is 123 cm³/mol. The Morgan fingerprint density at radius 2 is 1.82 bits per heavy atom. The standard InChI is InChI=1S/C23H28F3N7O/c1-31(18-7-3-2-4-8-18)14-6-5-13-27-21(34)17-11-15-32(16-12-17)20-10-9-19-28-29-22(23(24,25)26)33(19)30-20/h2-4,7-10,17H,5-6,11-16H2,1H3,(H,27,34). The zero-order valence-electron chi connectivity index (χ0n) is 19.0. The van der Waals surface area contributed by atoms with Crippen molar-refractivity contribution in [2.45, 2.75) is 31.9 Å². The summed E-state index contributed by atoms with van der Waals surface area (Å²) in [7, 11) is 2.06. The van der Waals surface area contributed by atoms with Gasteiger partial charge in [0.2, 0.25) is 5.91 Å². The zero-order valence-corrected chi connectivity index (χ0v) is 19.0. The fraction of sp³-hybridized carbons (Fsp3) is 0.478. The van der Waals surface area contributed by atoms with Crippen LogP contribution in [0.3, 0.4) is 0 Å². The molecule has 0 aliphatic carbocycles. The van der Waals surface area contributed by atoms with Gasteiger partial charge in [-0.3, -0.25) is 4.79 Å². The third-order valence-electron chi connectivity index (χ3n) is 6.11. The van der Waals surface area contributed by atoms with Gasteiger partial charge in [-0.05, 0) is 49.9 Å². The highest BCUT2D eigenvalue weighted by Crippen LogP contribution is 2.28. The number of hydrogen-bond acceptors (Lipinski definition) is 6. The highest BCUT2D eigenvalue weighted by molar-refractivity contribution is 5.78. The maximum Gasteiger partial charge on any atom is 0.453 e. The summed E-state index contributed by atoms with van der Waals surface area (Å²) in [6.07, 6.45) is -1.52. The number of alkyl halides is 3. The number of benzene rings is 1. The molecule has 0 bridgehead atoms. The lowest BCUT2D eigenvalue weighted by atomic mass is 9.96. The number of para-hydroxylation sites is 1. The molecule has 1 amide bonds. The molecular formula is C23H28F3N7O. The predicted octanol–water partition coefficient (Wildman–Crippen LogP) is 3.39. The molecule has 1 aliphatic heterocycles. The van der Waals surface area contributed by atoms with Gasteiger partial charge >= 0.3 is 6.18 Å². The normalized spacial score (nSPS) is 15.0. The van der Waals surface area contributed by atoms with Crippen LogP contribution >= 0.6 is 0 Å². The minimum atomic E-state index is -4.63. The molecule has 2 aromatic heterocycles. The van der Waals surface area contributed by atoms with Crippen molar-refractivity contribution in [2.24, 2.45) is 5.92 Å². The monoisotopic (exact) mass is 475 g/mol. The lowest BCUT2D eigenvalue weighted by Crippen LogP contribution is -2.41. The lowest BCUT2D eigenvalue weighted by molar-refractivity contribution is -0.146. The van der Waals surface area contributed by atoms with Crippen LogP contribution in [0.2, 0.25) is 0 Å². The fourth-order valence-electron chi connectivity index (χ4n) is 4.14. The summed E-state index contributed by atoms with van der Waals surface area (Å²) in [6.45, 7) is 2.63. The summed E-state index contributed by atoms with van der Waals surface area (Å²) in [5, 5.41) is 13.9. The number of rotatable bonds is 8. The number of carbonyl (C=O) groups excluding carboxylic acids is 1. The third kappa shape index (κ3) is 5.57. The van der Waals surface area contributed by atoms with E-state index in [1.165, 1.54) is 11.8 Å². The molecule has 1 saturated heterocycles. The first kappa shape index (κ1) is 23.8. The van der Waals surface area contributed by atoms with E-state index in [4.69, 9.17) is 0 Å². The fourth-order valence-corrected chi connectivity index (χ4v) is 4.14. The summed E-state index contributed by atoms with van der Waals surface area (Å²) in [6, 6.07) is 13.3. The highest BCUT2D eigenvalue weighted by atomic mass is 19.4. The van der Waals surface area contributed by atoms with Crippen LogP contribution in [0.15, 0.2) is 42.5 Å². The van der Waals surface area contributed by atoms with Crippen LogP contribution in [0.25, 0.3) is 5.65 Å². The number of unbranched alkanes of at least 4 members (excludes halogenated alkanes) is 1. The number of anilines is 2. The number of fused-ring (bicyclic) bond motifs is 1. The minimum absolute atomic E-state index is 0.0395. The summed E-state index contributed by atoms with van der Waals surface area (Å²) in [5.74, 6) is -0.793. The number of halogens is 3. The average Bonchev–Trinajstić information content (AvgIpc) is 3.28. The van der Waals surface area contributed by atoms with Crippen LogP contribution in [-0.2, 0) is 11.0 Å². The van der Waals surface area contributed by atoms with Crippen LogP contribution in [0, 0.1) is 5.92 Å².